The molecule has 0 amide bonds. The molecule has 0 bridgehead atoms. The molecule has 172 valence electrons. The van der Waals surface area contributed by atoms with Gasteiger partial charge >= 0.3 is 0 Å². The Morgan fingerprint density at radius 2 is 1.68 bits per heavy atom. The summed E-state index contributed by atoms with van der Waals surface area (Å²) in [4.78, 5) is 6.86. The third-order valence-electron chi connectivity index (χ3n) is 5.17. The summed E-state index contributed by atoms with van der Waals surface area (Å²) >= 11 is 0. The Morgan fingerprint density at radius 3 is 2.26 bits per heavy atom. The molecule has 0 aromatic heterocycles. The van der Waals surface area contributed by atoms with Gasteiger partial charge in [0, 0.05) is 39.5 Å². The highest BCUT2D eigenvalue weighted by atomic mass is 127. The predicted octanol–water partition coefficient (Wildman–Crippen LogP) is 4.11. The van der Waals surface area contributed by atoms with Crippen molar-refractivity contribution in [3.8, 4) is 0 Å². The molecule has 2 rings (SSSR count). The van der Waals surface area contributed by atoms with Crippen LogP contribution in [0, 0.1) is 0 Å². The fourth-order valence-corrected chi connectivity index (χ4v) is 3.43. The highest BCUT2D eigenvalue weighted by Gasteiger charge is 2.18. The molecule has 0 heterocycles. The number of ether oxygens (including phenoxy) is 1. The highest BCUT2D eigenvalue weighted by molar-refractivity contribution is 14.0. The zero-order valence-corrected chi connectivity index (χ0v) is 21.6. The Bertz CT molecular complexity index is 735. The molecule has 7 heteroatoms. The molecule has 0 spiro atoms. The van der Waals surface area contributed by atoms with Gasteiger partial charge in [-0.3, -0.25) is 9.89 Å². The minimum atomic E-state index is 0. The van der Waals surface area contributed by atoms with E-state index < -0.39 is 0 Å². The SMILES string of the molecule is CCN(CC)C(CNC(=NC)NCc1ccc(NCCOC)cc1)c1ccccc1.I. The summed E-state index contributed by atoms with van der Waals surface area (Å²) in [6, 6.07) is 19.4. The lowest BCUT2D eigenvalue weighted by Crippen LogP contribution is -2.43. The molecule has 0 fully saturated rings. The van der Waals surface area contributed by atoms with Gasteiger partial charge in [-0.15, -0.1) is 24.0 Å². The van der Waals surface area contributed by atoms with Gasteiger partial charge in [-0.05, 0) is 36.3 Å². The molecule has 0 radical (unpaired) electrons. The van der Waals surface area contributed by atoms with Crippen LogP contribution in [0.15, 0.2) is 59.6 Å². The number of guanidine groups is 1. The van der Waals surface area contributed by atoms with Crippen LogP contribution in [0.4, 0.5) is 5.69 Å². The third-order valence-corrected chi connectivity index (χ3v) is 5.17. The van der Waals surface area contributed by atoms with Gasteiger partial charge < -0.3 is 20.7 Å². The molecule has 0 saturated carbocycles. The number of likely N-dealkylation sites (N-methyl/N-ethyl adjacent to an activating group) is 1. The Labute approximate surface area is 204 Å². The van der Waals surface area contributed by atoms with Gasteiger partial charge in [0.2, 0.25) is 0 Å². The quantitative estimate of drug-likeness (QED) is 0.164. The van der Waals surface area contributed by atoms with E-state index in [2.05, 4.69) is 94.3 Å². The molecule has 6 nitrogen and oxygen atoms in total. The van der Waals surface area contributed by atoms with Gasteiger partial charge in [-0.2, -0.15) is 0 Å². The fraction of sp³-hybridized carbons (Fsp3) is 0.458. The summed E-state index contributed by atoms with van der Waals surface area (Å²) in [5, 5.41) is 10.3. The first kappa shape index (κ1) is 27.2. The number of halogens is 1. The van der Waals surface area contributed by atoms with Crippen LogP contribution in [0.25, 0.3) is 0 Å². The van der Waals surface area contributed by atoms with Crippen molar-refractivity contribution in [1.29, 1.82) is 0 Å². The molecule has 3 N–H and O–H groups in total. The van der Waals surface area contributed by atoms with Gasteiger partial charge in [0.05, 0.1) is 12.6 Å². The number of hydrogen-bond acceptors (Lipinski definition) is 4. The minimum Gasteiger partial charge on any atom is -0.383 e. The lowest BCUT2D eigenvalue weighted by Gasteiger charge is -2.30. The van der Waals surface area contributed by atoms with Crippen molar-refractivity contribution in [2.24, 2.45) is 4.99 Å². The lowest BCUT2D eigenvalue weighted by molar-refractivity contribution is 0.211. The standard InChI is InChI=1S/C24H37N5O.HI/c1-5-29(6-2)23(21-10-8-7-9-11-21)19-28-24(25-3)27-18-20-12-14-22(15-13-20)26-16-17-30-4;/h7-15,23,26H,5-6,16-19H2,1-4H3,(H2,25,27,28);1H. The van der Waals surface area contributed by atoms with E-state index in [-0.39, 0.29) is 24.0 Å². The molecule has 0 aliphatic rings. The molecule has 0 saturated heterocycles. The maximum Gasteiger partial charge on any atom is 0.191 e. The molecule has 0 aliphatic carbocycles. The number of rotatable bonds is 12. The Morgan fingerprint density at radius 1 is 1.00 bits per heavy atom. The zero-order chi connectivity index (χ0) is 21.6. The van der Waals surface area contributed by atoms with Gasteiger partial charge in [0.25, 0.3) is 0 Å². The number of nitrogens with one attached hydrogen (secondary N) is 3. The van der Waals surface area contributed by atoms with Crippen molar-refractivity contribution >= 4 is 35.6 Å². The molecule has 31 heavy (non-hydrogen) atoms. The normalized spacial score (nSPS) is 12.2. The van der Waals surface area contributed by atoms with Crippen LogP contribution in [0.5, 0.6) is 0 Å². The van der Waals surface area contributed by atoms with Gasteiger partial charge in [-0.1, -0.05) is 56.3 Å². The molecule has 1 atom stereocenters. The summed E-state index contributed by atoms with van der Waals surface area (Å²) in [7, 11) is 3.52. The summed E-state index contributed by atoms with van der Waals surface area (Å²) in [6.45, 7) is 9.46. The van der Waals surface area contributed by atoms with E-state index in [4.69, 9.17) is 4.74 Å². The van der Waals surface area contributed by atoms with Crippen molar-refractivity contribution < 1.29 is 4.74 Å². The number of benzene rings is 2. The Hall–Kier alpha value is -1.84. The highest BCUT2D eigenvalue weighted by Crippen LogP contribution is 2.19. The minimum absolute atomic E-state index is 0. The average molecular weight is 540 g/mol. The maximum absolute atomic E-state index is 5.07. The largest absolute Gasteiger partial charge is 0.383 e. The number of hydrogen-bond donors (Lipinski definition) is 3. The van der Waals surface area contributed by atoms with Gasteiger partial charge in [0.15, 0.2) is 5.96 Å². The predicted molar refractivity (Wildman–Crippen MR) is 143 cm³/mol. The zero-order valence-electron chi connectivity index (χ0n) is 19.2. The van der Waals surface area contributed by atoms with E-state index in [9.17, 15) is 0 Å². The average Bonchev–Trinajstić information content (AvgIpc) is 2.80. The van der Waals surface area contributed by atoms with Crippen LogP contribution in [-0.2, 0) is 11.3 Å². The van der Waals surface area contributed by atoms with Crippen molar-refractivity contribution in [2.75, 3.05) is 52.3 Å². The van der Waals surface area contributed by atoms with E-state index in [0.717, 1.165) is 44.4 Å². The fourth-order valence-electron chi connectivity index (χ4n) is 3.43. The second kappa shape index (κ2) is 15.9. The van der Waals surface area contributed by atoms with Crippen LogP contribution < -0.4 is 16.0 Å². The van der Waals surface area contributed by atoms with E-state index in [1.807, 2.05) is 7.05 Å². The van der Waals surface area contributed by atoms with Crippen LogP contribution >= 0.6 is 24.0 Å². The first-order chi connectivity index (χ1) is 14.7. The van der Waals surface area contributed by atoms with Crippen LogP contribution in [0.3, 0.4) is 0 Å². The lowest BCUT2D eigenvalue weighted by atomic mass is 10.1. The summed E-state index contributed by atoms with van der Waals surface area (Å²) in [5.41, 5.74) is 3.63. The van der Waals surface area contributed by atoms with Crippen LogP contribution in [0.1, 0.15) is 31.0 Å². The Balaban J connectivity index is 0.00000480. The number of methoxy groups -OCH3 is 1. The van der Waals surface area contributed by atoms with E-state index >= 15 is 0 Å². The van der Waals surface area contributed by atoms with Gasteiger partial charge in [0.1, 0.15) is 0 Å². The molecular weight excluding hydrogens is 501 g/mol. The molecule has 2 aromatic carbocycles. The summed E-state index contributed by atoms with van der Waals surface area (Å²) in [6.07, 6.45) is 0. The Kier molecular flexibility index (Phi) is 13.9. The number of anilines is 1. The first-order valence-electron chi connectivity index (χ1n) is 10.8. The van der Waals surface area contributed by atoms with E-state index in [1.54, 1.807) is 7.11 Å². The topological polar surface area (TPSA) is 60.9 Å². The molecule has 0 aliphatic heterocycles. The summed E-state index contributed by atoms with van der Waals surface area (Å²) < 4.78 is 5.07. The summed E-state index contributed by atoms with van der Waals surface area (Å²) in [5.74, 6) is 0.811. The van der Waals surface area contributed by atoms with Gasteiger partial charge in [-0.25, -0.2) is 0 Å². The maximum atomic E-state index is 5.07. The van der Waals surface area contributed by atoms with Crippen molar-refractivity contribution in [2.45, 2.75) is 26.4 Å². The number of aliphatic imine (C=N–C) groups is 1. The first-order valence-corrected chi connectivity index (χ1v) is 10.8. The monoisotopic (exact) mass is 539 g/mol. The third kappa shape index (κ3) is 9.45. The van der Waals surface area contributed by atoms with Crippen molar-refractivity contribution in [3.05, 3.63) is 65.7 Å². The van der Waals surface area contributed by atoms with E-state index in [1.165, 1.54) is 11.1 Å². The second-order valence-electron chi connectivity index (χ2n) is 7.07. The smallest absolute Gasteiger partial charge is 0.191 e. The second-order valence-corrected chi connectivity index (χ2v) is 7.07. The van der Waals surface area contributed by atoms with Crippen molar-refractivity contribution in [3.63, 3.8) is 0 Å². The van der Waals surface area contributed by atoms with Crippen LogP contribution in [0.2, 0.25) is 0 Å². The number of nitrogens with zero attached hydrogens (tertiary/aromatic N) is 2. The van der Waals surface area contributed by atoms with Crippen LogP contribution in [-0.4, -0.2) is 57.8 Å². The van der Waals surface area contributed by atoms with Crippen molar-refractivity contribution in [1.82, 2.24) is 15.5 Å². The molecular formula is C24H38IN5O. The molecule has 2 aromatic rings. The molecule has 1 unspecified atom stereocenters. The van der Waals surface area contributed by atoms with E-state index in [0.29, 0.717) is 12.6 Å².